The topological polar surface area (TPSA) is 71.3 Å². The largest absolute Gasteiger partial charge is 0.507 e. The average Bonchev–Trinajstić information content (AvgIpc) is 3.01. The zero-order valence-electron chi connectivity index (χ0n) is 18.2. The van der Waals surface area contributed by atoms with E-state index in [1.54, 1.807) is 29.2 Å². The van der Waals surface area contributed by atoms with Crippen molar-refractivity contribution in [3.63, 3.8) is 0 Å². The van der Waals surface area contributed by atoms with Gasteiger partial charge < -0.3 is 19.6 Å². The van der Waals surface area contributed by atoms with Crippen molar-refractivity contribution in [2.45, 2.75) is 13.0 Å². The summed E-state index contributed by atoms with van der Waals surface area (Å²) in [6, 6.07) is 14.0. The molecule has 162 valence electrons. The molecule has 2 N–H and O–H groups in total. The number of ether oxygens (including phenoxy) is 1. The standard InChI is InChI=1S/C25H28N2O4/c1-5-15-31-19-11-12-20(17(2)16-19)23(28)21-22(18-9-7-6-8-10-18)27(14-13-26(3)4)25(30)24(21)29/h5-12,16,22,28H,1,13-15H2,2-4H3/p+1/t22-/m1/s1. The van der Waals surface area contributed by atoms with Crippen molar-refractivity contribution < 1.29 is 24.3 Å². The first-order chi connectivity index (χ1) is 14.8. The van der Waals surface area contributed by atoms with Gasteiger partial charge in [-0.3, -0.25) is 9.59 Å². The summed E-state index contributed by atoms with van der Waals surface area (Å²) in [5.41, 5.74) is 2.16. The van der Waals surface area contributed by atoms with Crippen LogP contribution in [0.1, 0.15) is 22.7 Å². The fourth-order valence-corrected chi connectivity index (χ4v) is 3.73. The zero-order chi connectivity index (χ0) is 22.5. The van der Waals surface area contributed by atoms with Crippen LogP contribution in [0.15, 0.2) is 66.8 Å². The monoisotopic (exact) mass is 421 g/mol. The third-order valence-corrected chi connectivity index (χ3v) is 5.33. The second-order valence-corrected chi connectivity index (χ2v) is 7.94. The molecule has 6 heteroatoms. The number of likely N-dealkylation sites (tertiary alicyclic amines) is 1. The van der Waals surface area contributed by atoms with Crippen molar-refractivity contribution >= 4 is 17.4 Å². The molecule has 3 rings (SSSR count). The van der Waals surface area contributed by atoms with Crippen LogP contribution in [0.3, 0.4) is 0 Å². The van der Waals surface area contributed by atoms with E-state index >= 15 is 0 Å². The summed E-state index contributed by atoms with van der Waals surface area (Å²) in [7, 11) is 3.99. The van der Waals surface area contributed by atoms with Gasteiger partial charge in [-0.2, -0.15) is 0 Å². The molecule has 0 saturated carbocycles. The molecule has 6 nitrogen and oxygen atoms in total. The predicted octanol–water partition coefficient (Wildman–Crippen LogP) is 2.13. The van der Waals surface area contributed by atoms with Gasteiger partial charge in [0.25, 0.3) is 11.7 Å². The van der Waals surface area contributed by atoms with E-state index in [9.17, 15) is 14.7 Å². The number of aliphatic hydroxyl groups is 1. The normalized spacial score (nSPS) is 17.9. The molecule has 1 atom stereocenters. The van der Waals surface area contributed by atoms with E-state index in [2.05, 4.69) is 6.58 Å². The molecule has 0 unspecified atom stereocenters. The Morgan fingerprint density at radius 1 is 1.19 bits per heavy atom. The molecule has 0 aromatic heterocycles. The van der Waals surface area contributed by atoms with Crippen molar-refractivity contribution in [1.29, 1.82) is 0 Å². The van der Waals surface area contributed by atoms with Crippen LogP contribution in [-0.4, -0.2) is 55.5 Å². The van der Waals surface area contributed by atoms with Crippen molar-refractivity contribution in [3.05, 3.63) is 83.4 Å². The molecule has 2 aromatic carbocycles. The minimum atomic E-state index is -0.661. The molecule has 0 radical (unpaired) electrons. The number of quaternary nitrogens is 1. The van der Waals surface area contributed by atoms with Crippen LogP contribution in [0.25, 0.3) is 5.76 Å². The van der Waals surface area contributed by atoms with E-state index in [0.717, 1.165) is 11.1 Å². The Balaban J connectivity index is 2.09. The van der Waals surface area contributed by atoms with Gasteiger partial charge in [0.15, 0.2) is 0 Å². The molecule has 0 aliphatic carbocycles. The predicted molar refractivity (Wildman–Crippen MR) is 120 cm³/mol. The van der Waals surface area contributed by atoms with E-state index in [1.807, 2.05) is 51.4 Å². The number of carbonyl (C=O) groups excluding carboxylic acids is 2. The summed E-state index contributed by atoms with van der Waals surface area (Å²) in [6.45, 7) is 6.94. The Bertz CT molecular complexity index is 1010. The lowest BCUT2D eigenvalue weighted by Gasteiger charge is -2.25. The number of nitrogens with zero attached hydrogens (tertiary/aromatic N) is 1. The maximum Gasteiger partial charge on any atom is 0.295 e. The minimum Gasteiger partial charge on any atom is -0.507 e. The van der Waals surface area contributed by atoms with Gasteiger partial charge in [-0.1, -0.05) is 43.0 Å². The highest BCUT2D eigenvalue weighted by atomic mass is 16.5. The van der Waals surface area contributed by atoms with E-state index in [0.29, 0.717) is 31.0 Å². The van der Waals surface area contributed by atoms with Crippen molar-refractivity contribution in [1.82, 2.24) is 4.90 Å². The average molecular weight is 422 g/mol. The van der Waals surface area contributed by atoms with Gasteiger partial charge in [0.2, 0.25) is 0 Å². The number of aliphatic hydroxyl groups excluding tert-OH is 1. The van der Waals surface area contributed by atoms with Crippen LogP contribution >= 0.6 is 0 Å². The highest BCUT2D eigenvalue weighted by Crippen LogP contribution is 2.39. The Morgan fingerprint density at radius 3 is 2.52 bits per heavy atom. The van der Waals surface area contributed by atoms with E-state index in [1.165, 1.54) is 4.90 Å². The number of hydrogen-bond acceptors (Lipinski definition) is 4. The molecule has 1 aliphatic rings. The lowest BCUT2D eigenvalue weighted by atomic mass is 9.94. The fraction of sp³-hybridized carbons (Fsp3) is 0.280. The molecule has 0 spiro atoms. The van der Waals surface area contributed by atoms with Gasteiger partial charge >= 0.3 is 0 Å². The van der Waals surface area contributed by atoms with Gasteiger partial charge in [-0.25, -0.2) is 0 Å². The van der Waals surface area contributed by atoms with E-state index in [-0.39, 0.29) is 11.3 Å². The number of likely N-dealkylation sites (N-methyl/N-ethyl adjacent to an activating group) is 1. The zero-order valence-corrected chi connectivity index (χ0v) is 18.2. The second kappa shape index (κ2) is 9.62. The smallest absolute Gasteiger partial charge is 0.295 e. The Hall–Kier alpha value is -3.38. The Labute approximate surface area is 183 Å². The number of Topliss-reactive ketones (excluding diaryl/α,β-unsaturated/α-hetero) is 1. The molecular formula is C25H29N2O4+. The van der Waals surface area contributed by atoms with Crippen molar-refractivity contribution in [2.24, 2.45) is 0 Å². The Morgan fingerprint density at radius 2 is 1.90 bits per heavy atom. The summed E-state index contributed by atoms with van der Waals surface area (Å²) < 4.78 is 5.55. The first-order valence-electron chi connectivity index (χ1n) is 10.3. The number of hydrogen-bond donors (Lipinski definition) is 2. The molecular weight excluding hydrogens is 392 g/mol. The summed E-state index contributed by atoms with van der Waals surface area (Å²) in [5.74, 6) is -0.769. The van der Waals surface area contributed by atoms with E-state index in [4.69, 9.17) is 4.74 Å². The number of amides is 1. The number of rotatable bonds is 8. The molecule has 1 saturated heterocycles. The van der Waals surface area contributed by atoms with Crippen LogP contribution < -0.4 is 9.64 Å². The van der Waals surface area contributed by atoms with Crippen molar-refractivity contribution in [2.75, 3.05) is 33.8 Å². The van der Waals surface area contributed by atoms with E-state index < -0.39 is 17.7 Å². The Kier molecular flexibility index (Phi) is 6.92. The fourth-order valence-electron chi connectivity index (χ4n) is 3.73. The third kappa shape index (κ3) is 4.70. The van der Waals surface area contributed by atoms with Crippen molar-refractivity contribution in [3.8, 4) is 5.75 Å². The first kappa shape index (κ1) is 22.3. The van der Waals surface area contributed by atoms with Crippen LogP contribution in [0, 0.1) is 6.92 Å². The van der Waals surface area contributed by atoms with Gasteiger partial charge in [0.1, 0.15) is 18.1 Å². The van der Waals surface area contributed by atoms with Crippen LogP contribution in [-0.2, 0) is 9.59 Å². The maximum absolute atomic E-state index is 13.0. The SMILES string of the molecule is C=CCOc1ccc(C(O)=C2C(=O)C(=O)N(CC[NH+](C)C)[C@@H]2c2ccccc2)c(C)c1. The van der Waals surface area contributed by atoms with Gasteiger partial charge in [0, 0.05) is 5.56 Å². The van der Waals surface area contributed by atoms with Gasteiger partial charge in [-0.15, -0.1) is 0 Å². The molecule has 1 amide bonds. The second-order valence-electron chi connectivity index (χ2n) is 7.94. The number of benzene rings is 2. The van der Waals surface area contributed by atoms with Gasteiger partial charge in [0.05, 0.1) is 38.8 Å². The highest BCUT2D eigenvalue weighted by Gasteiger charge is 2.46. The number of ketones is 1. The number of nitrogens with one attached hydrogen (secondary N) is 1. The molecule has 2 aromatic rings. The lowest BCUT2D eigenvalue weighted by molar-refractivity contribution is -0.857. The lowest BCUT2D eigenvalue weighted by Crippen LogP contribution is -3.06. The van der Waals surface area contributed by atoms with Crippen LogP contribution in [0.2, 0.25) is 0 Å². The molecule has 0 bridgehead atoms. The number of aryl methyl sites for hydroxylation is 1. The molecule has 1 fully saturated rings. The van der Waals surface area contributed by atoms with Gasteiger partial charge in [-0.05, 0) is 36.2 Å². The van der Waals surface area contributed by atoms with Crippen LogP contribution in [0.4, 0.5) is 0 Å². The summed E-state index contributed by atoms with van der Waals surface area (Å²) in [4.78, 5) is 28.7. The maximum atomic E-state index is 13.0. The summed E-state index contributed by atoms with van der Waals surface area (Å²) in [5, 5.41) is 11.2. The van der Waals surface area contributed by atoms with Crippen LogP contribution in [0.5, 0.6) is 5.75 Å². The quantitative estimate of drug-likeness (QED) is 0.297. The first-order valence-corrected chi connectivity index (χ1v) is 10.3. The molecule has 31 heavy (non-hydrogen) atoms. The molecule has 1 aliphatic heterocycles. The summed E-state index contributed by atoms with van der Waals surface area (Å²) in [6.07, 6.45) is 1.65. The molecule has 1 heterocycles. The number of carbonyl (C=O) groups is 2. The highest BCUT2D eigenvalue weighted by molar-refractivity contribution is 6.46. The third-order valence-electron chi connectivity index (χ3n) is 5.33. The summed E-state index contributed by atoms with van der Waals surface area (Å²) >= 11 is 0. The minimum absolute atomic E-state index is 0.118.